The molecule has 0 saturated carbocycles. The molecule has 2 unspecified atom stereocenters. The van der Waals surface area contributed by atoms with Crippen LogP contribution in [0.5, 0.6) is 0 Å². The Bertz CT molecular complexity index is 638. The summed E-state index contributed by atoms with van der Waals surface area (Å²) in [6.45, 7) is 5.60. The van der Waals surface area contributed by atoms with Crippen LogP contribution in [-0.4, -0.2) is 37.5 Å². The Balaban J connectivity index is 1.63. The summed E-state index contributed by atoms with van der Waals surface area (Å²) in [6, 6.07) is 8.77. The number of thiophene rings is 1. The fraction of sp³-hybridized carbons (Fsp3) is 0.526. The third-order valence-corrected chi connectivity index (χ3v) is 5.63. The van der Waals surface area contributed by atoms with Crippen molar-refractivity contribution in [3.63, 3.8) is 0 Å². The molecule has 2 aromatic heterocycles. The summed E-state index contributed by atoms with van der Waals surface area (Å²) in [5, 5.41) is 9.05. The predicted molar refractivity (Wildman–Crippen MR) is 104 cm³/mol. The van der Waals surface area contributed by atoms with Gasteiger partial charge in [0.15, 0.2) is 5.96 Å². The zero-order valence-corrected chi connectivity index (χ0v) is 15.9. The molecule has 25 heavy (non-hydrogen) atoms. The van der Waals surface area contributed by atoms with Crippen molar-refractivity contribution in [2.24, 2.45) is 10.9 Å². The molecule has 6 heteroatoms. The Morgan fingerprint density at radius 1 is 1.36 bits per heavy atom. The number of hydrogen-bond donors (Lipinski definition) is 2. The molecule has 3 rings (SSSR count). The van der Waals surface area contributed by atoms with Crippen molar-refractivity contribution in [1.82, 2.24) is 15.5 Å². The van der Waals surface area contributed by atoms with Crippen LogP contribution in [0.1, 0.15) is 36.4 Å². The van der Waals surface area contributed by atoms with Crippen molar-refractivity contribution in [1.29, 1.82) is 0 Å². The Morgan fingerprint density at radius 2 is 2.28 bits per heavy atom. The van der Waals surface area contributed by atoms with E-state index in [1.807, 2.05) is 23.5 Å². The van der Waals surface area contributed by atoms with Crippen LogP contribution in [0.15, 0.2) is 45.3 Å². The van der Waals surface area contributed by atoms with Gasteiger partial charge in [0.05, 0.1) is 6.26 Å². The van der Waals surface area contributed by atoms with E-state index in [1.54, 1.807) is 6.26 Å². The quantitative estimate of drug-likeness (QED) is 0.612. The highest BCUT2D eigenvalue weighted by Crippen LogP contribution is 2.36. The van der Waals surface area contributed by atoms with Gasteiger partial charge in [-0.3, -0.25) is 4.90 Å². The van der Waals surface area contributed by atoms with Gasteiger partial charge in [0, 0.05) is 24.0 Å². The van der Waals surface area contributed by atoms with E-state index >= 15 is 0 Å². The van der Waals surface area contributed by atoms with Crippen LogP contribution in [0.4, 0.5) is 0 Å². The van der Waals surface area contributed by atoms with Crippen molar-refractivity contribution in [3.8, 4) is 0 Å². The van der Waals surface area contributed by atoms with E-state index in [-0.39, 0.29) is 0 Å². The molecular formula is C19H28N4OS. The smallest absolute Gasteiger partial charge is 0.191 e. The zero-order valence-electron chi connectivity index (χ0n) is 15.1. The Kier molecular flexibility index (Phi) is 6.53. The molecule has 0 spiro atoms. The van der Waals surface area contributed by atoms with E-state index in [4.69, 9.17) is 4.42 Å². The standard InChI is InChI=1S/C19H28N4OS/c1-3-20-19(22-14-16-8-5-11-24-16)21-13-15-7-4-10-23(2)18(15)17-9-6-12-25-17/h5-6,8-9,11-12,15,18H,3-4,7,10,13-14H2,1-2H3,(H2,20,21,22). The highest BCUT2D eigenvalue weighted by molar-refractivity contribution is 7.10. The molecule has 2 aromatic rings. The Hall–Kier alpha value is -1.79. The second-order valence-corrected chi connectivity index (χ2v) is 7.48. The topological polar surface area (TPSA) is 52.8 Å². The highest BCUT2D eigenvalue weighted by atomic mass is 32.1. The van der Waals surface area contributed by atoms with E-state index in [2.05, 4.69) is 52.0 Å². The van der Waals surface area contributed by atoms with Crippen LogP contribution in [0, 0.1) is 5.92 Å². The van der Waals surface area contributed by atoms with Crippen molar-refractivity contribution in [3.05, 3.63) is 46.5 Å². The van der Waals surface area contributed by atoms with Crippen LogP contribution >= 0.6 is 11.3 Å². The summed E-state index contributed by atoms with van der Waals surface area (Å²) < 4.78 is 5.37. The molecule has 2 atom stereocenters. The lowest BCUT2D eigenvalue weighted by Crippen LogP contribution is -2.44. The van der Waals surface area contributed by atoms with Crippen molar-refractivity contribution < 1.29 is 4.42 Å². The molecule has 0 bridgehead atoms. The molecule has 1 aliphatic rings. The number of nitrogens with one attached hydrogen (secondary N) is 2. The molecule has 0 radical (unpaired) electrons. The van der Waals surface area contributed by atoms with Crippen LogP contribution < -0.4 is 10.6 Å². The number of hydrogen-bond acceptors (Lipinski definition) is 4. The lowest BCUT2D eigenvalue weighted by Gasteiger charge is -2.39. The molecule has 1 aliphatic heterocycles. The van der Waals surface area contributed by atoms with E-state index in [1.165, 1.54) is 24.3 Å². The second kappa shape index (κ2) is 9.06. The molecule has 0 aromatic carbocycles. The Morgan fingerprint density at radius 3 is 3.00 bits per heavy atom. The molecule has 3 heterocycles. The predicted octanol–water partition coefficient (Wildman–Crippen LogP) is 3.48. The van der Waals surface area contributed by atoms with Gasteiger partial charge in [-0.1, -0.05) is 6.07 Å². The van der Waals surface area contributed by atoms with E-state index in [0.29, 0.717) is 18.5 Å². The maximum Gasteiger partial charge on any atom is 0.191 e. The summed E-state index contributed by atoms with van der Waals surface area (Å²) in [7, 11) is 2.24. The first kappa shape index (κ1) is 18.0. The van der Waals surface area contributed by atoms with Crippen LogP contribution in [0.2, 0.25) is 0 Å². The monoisotopic (exact) mass is 360 g/mol. The van der Waals surface area contributed by atoms with Crippen molar-refractivity contribution in [2.75, 3.05) is 26.7 Å². The number of aliphatic imine (C=N–C) groups is 1. The van der Waals surface area contributed by atoms with Crippen LogP contribution in [0.25, 0.3) is 0 Å². The number of furan rings is 1. The summed E-state index contributed by atoms with van der Waals surface area (Å²) in [5.41, 5.74) is 0. The number of nitrogens with zero attached hydrogens (tertiary/aromatic N) is 2. The average molecular weight is 361 g/mol. The molecule has 0 amide bonds. The first-order chi connectivity index (χ1) is 12.3. The molecule has 1 saturated heterocycles. The van der Waals surface area contributed by atoms with E-state index in [0.717, 1.165) is 24.8 Å². The second-order valence-electron chi connectivity index (χ2n) is 6.50. The van der Waals surface area contributed by atoms with E-state index < -0.39 is 0 Å². The summed E-state index contributed by atoms with van der Waals surface area (Å²) in [4.78, 5) is 8.60. The average Bonchev–Trinajstić information content (AvgIpc) is 3.31. The largest absolute Gasteiger partial charge is 0.467 e. The minimum absolute atomic E-state index is 0.495. The van der Waals surface area contributed by atoms with E-state index in [9.17, 15) is 0 Å². The first-order valence-corrected chi connectivity index (χ1v) is 9.94. The van der Waals surface area contributed by atoms with Crippen LogP contribution in [-0.2, 0) is 6.54 Å². The van der Waals surface area contributed by atoms with Gasteiger partial charge in [0.2, 0.25) is 0 Å². The third kappa shape index (κ3) is 4.86. The minimum Gasteiger partial charge on any atom is -0.467 e. The molecule has 0 aliphatic carbocycles. The molecular weight excluding hydrogens is 332 g/mol. The van der Waals surface area contributed by atoms with Gasteiger partial charge in [-0.2, -0.15) is 0 Å². The SMILES string of the molecule is CCNC(=NCc1ccco1)NCC1CCCN(C)C1c1cccs1. The minimum atomic E-state index is 0.495. The lowest BCUT2D eigenvalue weighted by molar-refractivity contribution is 0.125. The summed E-state index contributed by atoms with van der Waals surface area (Å²) >= 11 is 1.86. The number of guanidine groups is 1. The van der Waals surface area contributed by atoms with Crippen molar-refractivity contribution >= 4 is 17.3 Å². The van der Waals surface area contributed by atoms with Gasteiger partial charge in [-0.15, -0.1) is 11.3 Å². The summed E-state index contributed by atoms with van der Waals surface area (Å²) in [6.07, 6.45) is 4.19. The van der Waals surface area contributed by atoms with Gasteiger partial charge >= 0.3 is 0 Å². The lowest BCUT2D eigenvalue weighted by atomic mass is 9.88. The number of likely N-dealkylation sites (tertiary alicyclic amines) is 1. The molecule has 2 N–H and O–H groups in total. The highest BCUT2D eigenvalue weighted by Gasteiger charge is 2.31. The van der Waals surface area contributed by atoms with Crippen molar-refractivity contribution in [2.45, 2.75) is 32.4 Å². The molecule has 1 fully saturated rings. The van der Waals surface area contributed by atoms with Gasteiger partial charge in [-0.25, -0.2) is 4.99 Å². The fourth-order valence-corrected chi connectivity index (χ4v) is 4.49. The zero-order chi connectivity index (χ0) is 17.5. The van der Waals surface area contributed by atoms with Gasteiger partial charge in [-0.05, 0) is 62.9 Å². The van der Waals surface area contributed by atoms with Crippen LogP contribution in [0.3, 0.4) is 0 Å². The van der Waals surface area contributed by atoms with Gasteiger partial charge in [0.25, 0.3) is 0 Å². The normalized spacial score (nSPS) is 22.1. The number of rotatable bonds is 6. The number of piperidine rings is 1. The first-order valence-electron chi connectivity index (χ1n) is 9.06. The Labute approximate surface area is 154 Å². The van der Waals surface area contributed by atoms with Gasteiger partial charge in [0.1, 0.15) is 12.3 Å². The summed E-state index contributed by atoms with van der Waals surface area (Å²) in [5.74, 6) is 2.33. The third-order valence-electron chi connectivity index (χ3n) is 4.69. The molecule has 136 valence electrons. The molecule has 5 nitrogen and oxygen atoms in total. The maximum atomic E-state index is 5.37. The van der Waals surface area contributed by atoms with Gasteiger partial charge < -0.3 is 15.1 Å². The maximum absolute atomic E-state index is 5.37. The fourth-order valence-electron chi connectivity index (χ4n) is 3.51.